The molecule has 0 amide bonds. The first-order chi connectivity index (χ1) is 4.74. The van der Waals surface area contributed by atoms with E-state index in [2.05, 4.69) is 4.99 Å². The summed E-state index contributed by atoms with van der Waals surface area (Å²) in [5.74, 6) is 1.53. The van der Waals surface area contributed by atoms with E-state index in [4.69, 9.17) is 5.73 Å². The smallest absolute Gasteiger partial charge is 0.190 e. The Balaban J connectivity index is 2.25. The van der Waals surface area contributed by atoms with Gasteiger partial charge in [0.1, 0.15) is 0 Å². The van der Waals surface area contributed by atoms with Gasteiger partial charge in [-0.05, 0) is 18.8 Å². The molecule has 0 radical (unpaired) electrons. The second-order valence-electron chi connectivity index (χ2n) is 2.91. The molecule has 1 aliphatic carbocycles. The third-order valence-corrected chi connectivity index (χ3v) is 1.85. The Labute approximate surface area is 61.9 Å². The summed E-state index contributed by atoms with van der Waals surface area (Å²) in [5.41, 5.74) is 5.57. The van der Waals surface area contributed by atoms with Crippen molar-refractivity contribution in [3.63, 3.8) is 0 Å². The van der Waals surface area contributed by atoms with Gasteiger partial charge in [0.15, 0.2) is 5.96 Å². The number of rotatable bonds is 2. The lowest BCUT2D eigenvalue weighted by Crippen LogP contribution is -2.35. The van der Waals surface area contributed by atoms with Crippen molar-refractivity contribution in [3.05, 3.63) is 0 Å². The Hall–Kier alpha value is -0.730. The van der Waals surface area contributed by atoms with Gasteiger partial charge in [-0.25, -0.2) is 0 Å². The molecule has 3 nitrogen and oxygen atoms in total. The molecule has 1 rings (SSSR count). The van der Waals surface area contributed by atoms with Crippen LogP contribution < -0.4 is 5.73 Å². The van der Waals surface area contributed by atoms with E-state index >= 15 is 0 Å². The summed E-state index contributed by atoms with van der Waals surface area (Å²) < 4.78 is 0. The lowest BCUT2D eigenvalue weighted by atomic mass is 10.4. The average Bonchev–Trinajstić information content (AvgIpc) is 2.70. The van der Waals surface area contributed by atoms with Crippen molar-refractivity contribution in [2.75, 3.05) is 20.6 Å². The molecule has 0 aromatic heterocycles. The summed E-state index contributed by atoms with van der Waals surface area (Å²) in [5, 5.41) is 0. The van der Waals surface area contributed by atoms with Gasteiger partial charge in [0.25, 0.3) is 0 Å². The molecule has 1 aliphatic rings. The Kier molecular flexibility index (Phi) is 2.14. The Bertz CT molecular complexity index is 138. The lowest BCUT2D eigenvalue weighted by molar-refractivity contribution is 0.470. The second kappa shape index (κ2) is 2.90. The van der Waals surface area contributed by atoms with Crippen molar-refractivity contribution in [1.29, 1.82) is 0 Å². The fourth-order valence-electron chi connectivity index (χ4n) is 0.952. The number of nitrogens with zero attached hydrogens (tertiary/aromatic N) is 2. The SMILES string of the molecule is CN=C(N)N(C)CC1CC1. The third-order valence-electron chi connectivity index (χ3n) is 1.85. The highest BCUT2D eigenvalue weighted by molar-refractivity contribution is 5.77. The molecule has 0 aromatic carbocycles. The molecule has 0 heterocycles. The highest BCUT2D eigenvalue weighted by Crippen LogP contribution is 2.29. The molecule has 0 bridgehead atoms. The van der Waals surface area contributed by atoms with Crippen LogP contribution in [0, 0.1) is 5.92 Å². The first-order valence-corrected chi connectivity index (χ1v) is 3.67. The van der Waals surface area contributed by atoms with Gasteiger partial charge in [-0.1, -0.05) is 0 Å². The van der Waals surface area contributed by atoms with Gasteiger partial charge in [-0.2, -0.15) is 0 Å². The van der Waals surface area contributed by atoms with E-state index in [9.17, 15) is 0 Å². The Morgan fingerprint density at radius 2 is 2.30 bits per heavy atom. The van der Waals surface area contributed by atoms with Crippen LogP contribution in [0.1, 0.15) is 12.8 Å². The standard InChI is InChI=1S/C7H15N3/c1-9-7(8)10(2)5-6-3-4-6/h6H,3-5H2,1-2H3,(H2,8,9). The zero-order valence-corrected chi connectivity index (χ0v) is 6.67. The van der Waals surface area contributed by atoms with E-state index in [-0.39, 0.29) is 0 Å². The minimum absolute atomic E-state index is 0.645. The Morgan fingerprint density at radius 1 is 1.70 bits per heavy atom. The van der Waals surface area contributed by atoms with Gasteiger partial charge in [-0.3, -0.25) is 4.99 Å². The van der Waals surface area contributed by atoms with Crippen molar-refractivity contribution < 1.29 is 0 Å². The zero-order valence-electron chi connectivity index (χ0n) is 6.67. The fraction of sp³-hybridized carbons (Fsp3) is 0.857. The van der Waals surface area contributed by atoms with E-state index in [0.29, 0.717) is 5.96 Å². The number of hydrogen-bond acceptors (Lipinski definition) is 1. The van der Waals surface area contributed by atoms with Crippen LogP contribution in [0.3, 0.4) is 0 Å². The number of nitrogens with two attached hydrogens (primary N) is 1. The van der Waals surface area contributed by atoms with Crippen LogP contribution in [0.15, 0.2) is 4.99 Å². The maximum Gasteiger partial charge on any atom is 0.190 e. The summed E-state index contributed by atoms with van der Waals surface area (Å²) in [6.45, 7) is 1.07. The number of guanidine groups is 1. The largest absolute Gasteiger partial charge is 0.370 e. The normalized spacial score (nSPS) is 19.2. The van der Waals surface area contributed by atoms with Crippen LogP contribution in [0.2, 0.25) is 0 Å². The van der Waals surface area contributed by atoms with Crippen molar-refractivity contribution in [1.82, 2.24) is 4.90 Å². The summed E-state index contributed by atoms with van der Waals surface area (Å²) in [4.78, 5) is 5.90. The van der Waals surface area contributed by atoms with Crippen molar-refractivity contribution in [2.45, 2.75) is 12.8 Å². The molecule has 1 fully saturated rings. The average molecular weight is 141 g/mol. The molecular formula is C7H15N3. The van der Waals surface area contributed by atoms with Crippen molar-refractivity contribution >= 4 is 5.96 Å². The quantitative estimate of drug-likeness (QED) is 0.443. The monoisotopic (exact) mass is 141 g/mol. The van der Waals surface area contributed by atoms with Gasteiger partial charge >= 0.3 is 0 Å². The number of hydrogen-bond donors (Lipinski definition) is 1. The van der Waals surface area contributed by atoms with E-state index in [0.717, 1.165) is 12.5 Å². The molecule has 10 heavy (non-hydrogen) atoms. The summed E-state index contributed by atoms with van der Waals surface area (Å²) >= 11 is 0. The lowest BCUT2D eigenvalue weighted by Gasteiger charge is -2.16. The molecule has 1 saturated carbocycles. The van der Waals surface area contributed by atoms with Crippen LogP contribution in [0.5, 0.6) is 0 Å². The van der Waals surface area contributed by atoms with Gasteiger partial charge in [0.2, 0.25) is 0 Å². The predicted octanol–water partition coefficient (Wildman–Crippen LogP) is 0.273. The van der Waals surface area contributed by atoms with E-state index in [1.54, 1.807) is 7.05 Å². The highest BCUT2D eigenvalue weighted by atomic mass is 15.2. The highest BCUT2D eigenvalue weighted by Gasteiger charge is 2.23. The fourth-order valence-corrected chi connectivity index (χ4v) is 0.952. The molecule has 0 saturated heterocycles. The van der Waals surface area contributed by atoms with Gasteiger partial charge < -0.3 is 10.6 Å². The minimum Gasteiger partial charge on any atom is -0.370 e. The van der Waals surface area contributed by atoms with Crippen LogP contribution in [-0.2, 0) is 0 Å². The summed E-state index contributed by atoms with van der Waals surface area (Å²) in [6, 6.07) is 0. The van der Waals surface area contributed by atoms with Crippen molar-refractivity contribution in [2.24, 2.45) is 16.6 Å². The molecule has 0 atom stereocenters. The number of aliphatic imine (C=N–C) groups is 1. The van der Waals surface area contributed by atoms with Crippen LogP contribution in [-0.4, -0.2) is 31.5 Å². The van der Waals surface area contributed by atoms with Gasteiger partial charge in [0.05, 0.1) is 0 Å². The first kappa shape index (κ1) is 7.38. The molecular weight excluding hydrogens is 126 g/mol. The van der Waals surface area contributed by atoms with Gasteiger partial charge in [-0.15, -0.1) is 0 Å². The molecule has 0 unspecified atom stereocenters. The summed E-state index contributed by atoms with van der Waals surface area (Å²) in [7, 11) is 3.71. The topological polar surface area (TPSA) is 41.6 Å². The van der Waals surface area contributed by atoms with Crippen molar-refractivity contribution in [3.8, 4) is 0 Å². The second-order valence-corrected chi connectivity index (χ2v) is 2.91. The van der Waals surface area contributed by atoms with E-state index < -0.39 is 0 Å². The van der Waals surface area contributed by atoms with Crippen LogP contribution in [0.4, 0.5) is 0 Å². The Morgan fingerprint density at radius 3 is 2.70 bits per heavy atom. The first-order valence-electron chi connectivity index (χ1n) is 3.67. The molecule has 3 heteroatoms. The van der Waals surface area contributed by atoms with Gasteiger partial charge in [0, 0.05) is 20.6 Å². The van der Waals surface area contributed by atoms with Crippen LogP contribution >= 0.6 is 0 Å². The third kappa shape index (κ3) is 1.90. The van der Waals surface area contributed by atoms with Crippen LogP contribution in [0.25, 0.3) is 0 Å². The molecule has 58 valence electrons. The minimum atomic E-state index is 0.645. The molecule has 0 aromatic rings. The van der Waals surface area contributed by atoms with E-state index in [1.165, 1.54) is 12.8 Å². The predicted molar refractivity (Wildman–Crippen MR) is 42.9 cm³/mol. The maximum absolute atomic E-state index is 5.57. The van der Waals surface area contributed by atoms with E-state index in [1.807, 2.05) is 11.9 Å². The maximum atomic E-state index is 5.57. The molecule has 0 spiro atoms. The molecule has 2 N–H and O–H groups in total. The zero-order chi connectivity index (χ0) is 7.56. The summed E-state index contributed by atoms with van der Waals surface area (Å²) in [6.07, 6.45) is 2.72. The molecule has 0 aliphatic heterocycles.